The standard InChI is InChI=1S/C33H49NO4Si/c1-8-36-31(26(3)4)34(32(35)37-9-2)25-24-27-18-16-17-23-30(27)38-39(33(5,6)7,28-19-12-10-13-20-28)29-21-14-11-15-22-29/h10-15,18-22,26,30-31H,8-9,16-17,23-25H2,1-7H3/t30-,31?/m1/s1. The highest BCUT2D eigenvalue weighted by Gasteiger charge is 2.51. The maximum Gasteiger partial charge on any atom is 0.411 e. The second kappa shape index (κ2) is 14.3. The van der Waals surface area contributed by atoms with Crippen molar-refractivity contribution in [3.05, 3.63) is 72.3 Å². The number of rotatable bonds is 12. The Morgan fingerprint density at radius 3 is 2.05 bits per heavy atom. The van der Waals surface area contributed by atoms with Gasteiger partial charge in [-0.1, -0.05) is 101 Å². The van der Waals surface area contributed by atoms with Crippen LogP contribution in [0.25, 0.3) is 0 Å². The molecule has 214 valence electrons. The Hall–Kier alpha value is -2.41. The summed E-state index contributed by atoms with van der Waals surface area (Å²) < 4.78 is 19.0. The average Bonchev–Trinajstić information content (AvgIpc) is 2.92. The van der Waals surface area contributed by atoms with E-state index in [1.54, 1.807) is 4.90 Å². The van der Waals surface area contributed by atoms with Gasteiger partial charge < -0.3 is 13.9 Å². The summed E-state index contributed by atoms with van der Waals surface area (Å²) in [6.45, 7) is 16.4. The van der Waals surface area contributed by atoms with Crippen molar-refractivity contribution in [1.82, 2.24) is 4.90 Å². The van der Waals surface area contributed by atoms with Crippen LogP contribution in [0.15, 0.2) is 72.3 Å². The summed E-state index contributed by atoms with van der Waals surface area (Å²) in [6.07, 6.45) is 5.56. The Bertz CT molecular complexity index is 1010. The highest BCUT2D eigenvalue weighted by Crippen LogP contribution is 2.40. The monoisotopic (exact) mass is 551 g/mol. The summed E-state index contributed by atoms with van der Waals surface area (Å²) >= 11 is 0. The van der Waals surface area contributed by atoms with Crippen LogP contribution in [0.3, 0.4) is 0 Å². The molecule has 2 aromatic carbocycles. The normalized spacial score (nSPS) is 17.0. The minimum atomic E-state index is -2.69. The fourth-order valence-electron chi connectivity index (χ4n) is 5.80. The molecular formula is C33H49NO4Si. The summed E-state index contributed by atoms with van der Waals surface area (Å²) in [5, 5.41) is 2.49. The van der Waals surface area contributed by atoms with Crippen LogP contribution in [-0.2, 0) is 13.9 Å². The number of carbonyl (C=O) groups is 1. The number of nitrogens with zero attached hydrogens (tertiary/aromatic N) is 1. The van der Waals surface area contributed by atoms with Crippen molar-refractivity contribution in [3.63, 3.8) is 0 Å². The van der Waals surface area contributed by atoms with E-state index in [1.807, 2.05) is 13.8 Å². The maximum absolute atomic E-state index is 13.0. The van der Waals surface area contributed by atoms with Crippen LogP contribution in [-0.4, -0.2) is 51.4 Å². The minimum Gasteiger partial charge on any atom is -0.450 e. The molecule has 0 bridgehead atoms. The molecule has 0 spiro atoms. The number of carbonyl (C=O) groups excluding carboxylic acids is 1. The number of benzene rings is 2. The third kappa shape index (κ3) is 7.41. The highest BCUT2D eigenvalue weighted by molar-refractivity contribution is 6.99. The van der Waals surface area contributed by atoms with E-state index in [0.29, 0.717) is 19.8 Å². The molecule has 0 fully saturated rings. The third-order valence-electron chi connectivity index (χ3n) is 7.59. The summed E-state index contributed by atoms with van der Waals surface area (Å²) in [5.74, 6) is 0.152. The van der Waals surface area contributed by atoms with Gasteiger partial charge in [-0.2, -0.15) is 0 Å². The molecule has 2 aromatic rings. The molecule has 3 rings (SSSR count). The predicted molar refractivity (Wildman–Crippen MR) is 163 cm³/mol. The number of allylic oxidation sites excluding steroid dienone is 1. The molecule has 5 nitrogen and oxygen atoms in total. The first kappa shape index (κ1) is 31.1. The van der Waals surface area contributed by atoms with E-state index >= 15 is 0 Å². The van der Waals surface area contributed by atoms with Gasteiger partial charge in [-0.05, 0) is 66.4 Å². The average molecular weight is 552 g/mol. The van der Waals surface area contributed by atoms with Crippen LogP contribution in [0.4, 0.5) is 4.79 Å². The number of hydrogen-bond donors (Lipinski definition) is 0. The zero-order valence-corrected chi connectivity index (χ0v) is 26.1. The fraction of sp³-hybridized carbons (Fsp3) is 0.545. The van der Waals surface area contributed by atoms with Crippen molar-refractivity contribution in [2.24, 2.45) is 5.92 Å². The largest absolute Gasteiger partial charge is 0.450 e. The first-order valence-electron chi connectivity index (χ1n) is 14.7. The SMILES string of the molecule is CCOC(=O)N(CCC1=CCCC[C@H]1O[Si](c1ccccc1)(c1ccccc1)C(C)(C)C)C(OCC)C(C)C. The lowest BCUT2D eigenvalue weighted by molar-refractivity contribution is -0.0735. The Kier molecular flexibility index (Phi) is 11.4. The number of hydrogen-bond acceptors (Lipinski definition) is 4. The lowest BCUT2D eigenvalue weighted by Gasteiger charge is -2.46. The Labute approximate surface area is 237 Å². The van der Waals surface area contributed by atoms with Gasteiger partial charge in [-0.3, -0.25) is 4.90 Å². The molecule has 1 aliphatic rings. The zero-order chi connectivity index (χ0) is 28.5. The van der Waals surface area contributed by atoms with Gasteiger partial charge in [0.05, 0.1) is 12.7 Å². The smallest absolute Gasteiger partial charge is 0.411 e. The van der Waals surface area contributed by atoms with Gasteiger partial charge in [0, 0.05) is 13.2 Å². The fourth-order valence-corrected chi connectivity index (χ4v) is 10.5. The van der Waals surface area contributed by atoms with Gasteiger partial charge >= 0.3 is 6.09 Å². The molecular weight excluding hydrogens is 502 g/mol. The first-order chi connectivity index (χ1) is 18.7. The molecule has 1 unspecified atom stereocenters. The second-order valence-electron chi connectivity index (χ2n) is 11.7. The van der Waals surface area contributed by atoms with Crippen LogP contribution in [0.2, 0.25) is 5.04 Å². The van der Waals surface area contributed by atoms with Crippen molar-refractivity contribution in [2.45, 2.75) is 91.5 Å². The topological polar surface area (TPSA) is 48.0 Å². The molecule has 0 saturated heterocycles. The van der Waals surface area contributed by atoms with Crippen molar-refractivity contribution >= 4 is 24.8 Å². The van der Waals surface area contributed by atoms with Gasteiger partial charge in [0.1, 0.15) is 6.23 Å². The van der Waals surface area contributed by atoms with E-state index in [9.17, 15) is 4.79 Å². The second-order valence-corrected chi connectivity index (χ2v) is 16.0. The quantitative estimate of drug-likeness (QED) is 0.163. The van der Waals surface area contributed by atoms with Crippen molar-refractivity contribution in [1.29, 1.82) is 0 Å². The molecule has 0 heterocycles. The third-order valence-corrected chi connectivity index (χ3v) is 12.6. The molecule has 2 atom stereocenters. The van der Waals surface area contributed by atoms with Gasteiger partial charge in [-0.15, -0.1) is 0 Å². The Balaban J connectivity index is 1.97. The lowest BCUT2D eigenvalue weighted by atomic mass is 9.94. The molecule has 0 aromatic heterocycles. The van der Waals surface area contributed by atoms with E-state index in [2.05, 4.69) is 101 Å². The van der Waals surface area contributed by atoms with E-state index in [0.717, 1.165) is 25.7 Å². The van der Waals surface area contributed by atoms with E-state index in [1.165, 1.54) is 15.9 Å². The molecule has 39 heavy (non-hydrogen) atoms. The minimum absolute atomic E-state index is 0.00121. The maximum atomic E-state index is 13.0. The van der Waals surface area contributed by atoms with Crippen molar-refractivity contribution in [2.75, 3.05) is 19.8 Å². The number of amides is 1. The molecule has 0 saturated carbocycles. The predicted octanol–water partition coefficient (Wildman–Crippen LogP) is 6.91. The summed E-state index contributed by atoms with van der Waals surface area (Å²) in [5.41, 5.74) is 1.28. The summed E-state index contributed by atoms with van der Waals surface area (Å²) in [4.78, 5) is 14.8. The van der Waals surface area contributed by atoms with Gasteiger partial charge in [0.15, 0.2) is 0 Å². The van der Waals surface area contributed by atoms with Crippen molar-refractivity contribution < 1.29 is 18.7 Å². The molecule has 0 radical (unpaired) electrons. The summed E-state index contributed by atoms with van der Waals surface area (Å²) in [6, 6.07) is 21.7. The molecule has 1 amide bonds. The number of ether oxygens (including phenoxy) is 2. The van der Waals surface area contributed by atoms with E-state index < -0.39 is 8.32 Å². The molecule has 0 aliphatic heterocycles. The molecule has 6 heteroatoms. The van der Waals surface area contributed by atoms with Crippen LogP contribution >= 0.6 is 0 Å². The van der Waals surface area contributed by atoms with Crippen LogP contribution in [0.1, 0.15) is 74.1 Å². The lowest BCUT2D eigenvalue weighted by Crippen LogP contribution is -2.68. The first-order valence-corrected chi connectivity index (χ1v) is 16.6. The van der Waals surface area contributed by atoms with Gasteiger partial charge in [0.25, 0.3) is 8.32 Å². The zero-order valence-electron chi connectivity index (χ0n) is 25.1. The van der Waals surface area contributed by atoms with Crippen LogP contribution < -0.4 is 10.4 Å². The molecule has 1 aliphatic carbocycles. The Morgan fingerprint density at radius 1 is 0.974 bits per heavy atom. The van der Waals surface area contributed by atoms with Crippen molar-refractivity contribution in [3.8, 4) is 0 Å². The van der Waals surface area contributed by atoms with E-state index in [4.69, 9.17) is 13.9 Å². The molecule has 0 N–H and O–H groups in total. The van der Waals surface area contributed by atoms with Gasteiger partial charge in [-0.25, -0.2) is 4.79 Å². The van der Waals surface area contributed by atoms with Crippen LogP contribution in [0, 0.1) is 5.92 Å². The van der Waals surface area contributed by atoms with E-state index in [-0.39, 0.29) is 29.4 Å². The summed E-state index contributed by atoms with van der Waals surface area (Å²) in [7, 11) is -2.69. The Morgan fingerprint density at radius 2 is 1.56 bits per heavy atom. The van der Waals surface area contributed by atoms with Crippen LogP contribution in [0.5, 0.6) is 0 Å². The highest BCUT2D eigenvalue weighted by atomic mass is 28.4. The van der Waals surface area contributed by atoms with Gasteiger partial charge in [0.2, 0.25) is 0 Å².